The Balaban J connectivity index is 2.05. The van der Waals surface area contributed by atoms with Crippen LogP contribution in [-0.4, -0.2) is 28.2 Å². The second-order valence-corrected chi connectivity index (χ2v) is 4.12. The minimum absolute atomic E-state index is 0.256. The minimum Gasteiger partial charge on any atom is -0.424 e. The van der Waals surface area contributed by atoms with Crippen LogP contribution in [0.4, 0.5) is 0 Å². The molecule has 5 heteroatoms. The van der Waals surface area contributed by atoms with Gasteiger partial charge in [-0.05, 0) is 0 Å². The molecule has 1 fully saturated rings. The Labute approximate surface area is 81.5 Å². The summed E-state index contributed by atoms with van der Waals surface area (Å²) in [6, 6.07) is 0.256. The standard InChI is InChI=1S/C8H13N3OS/c1-2-7-10-11-8(12-7)6-5-13-4-3-9-6/h6,9H,2-5H2,1H3. The molecule has 0 amide bonds. The van der Waals surface area contributed by atoms with Gasteiger partial charge in [-0.1, -0.05) is 6.92 Å². The summed E-state index contributed by atoms with van der Waals surface area (Å²) in [4.78, 5) is 0. The molecule has 1 aromatic rings. The second-order valence-electron chi connectivity index (χ2n) is 2.97. The second kappa shape index (κ2) is 4.11. The molecule has 4 nitrogen and oxygen atoms in total. The van der Waals surface area contributed by atoms with Gasteiger partial charge < -0.3 is 9.73 Å². The van der Waals surface area contributed by atoms with E-state index < -0.39 is 0 Å². The molecule has 0 spiro atoms. The van der Waals surface area contributed by atoms with Crippen LogP contribution in [0.25, 0.3) is 0 Å². The van der Waals surface area contributed by atoms with Crippen molar-refractivity contribution in [1.29, 1.82) is 0 Å². The van der Waals surface area contributed by atoms with Crippen molar-refractivity contribution in [2.75, 3.05) is 18.1 Å². The summed E-state index contributed by atoms with van der Waals surface area (Å²) in [6.07, 6.45) is 0.812. The third-order valence-electron chi connectivity index (χ3n) is 2.00. The summed E-state index contributed by atoms with van der Waals surface area (Å²) >= 11 is 1.92. The van der Waals surface area contributed by atoms with Crippen molar-refractivity contribution in [3.63, 3.8) is 0 Å². The van der Waals surface area contributed by atoms with Crippen LogP contribution >= 0.6 is 11.8 Å². The van der Waals surface area contributed by atoms with E-state index in [0.717, 1.165) is 30.5 Å². The van der Waals surface area contributed by atoms with Crippen molar-refractivity contribution in [1.82, 2.24) is 15.5 Å². The summed E-state index contributed by atoms with van der Waals surface area (Å²) in [7, 11) is 0. The predicted molar refractivity (Wildman–Crippen MR) is 51.7 cm³/mol. The molecule has 0 aromatic carbocycles. The number of nitrogens with one attached hydrogen (secondary N) is 1. The summed E-state index contributed by atoms with van der Waals surface area (Å²) in [5.41, 5.74) is 0. The van der Waals surface area contributed by atoms with E-state index in [2.05, 4.69) is 15.5 Å². The van der Waals surface area contributed by atoms with Gasteiger partial charge in [-0.3, -0.25) is 0 Å². The monoisotopic (exact) mass is 199 g/mol. The van der Waals surface area contributed by atoms with E-state index in [9.17, 15) is 0 Å². The molecule has 1 saturated heterocycles. The number of thioether (sulfide) groups is 1. The van der Waals surface area contributed by atoms with Gasteiger partial charge in [-0.25, -0.2) is 0 Å². The summed E-state index contributed by atoms with van der Waals surface area (Å²) < 4.78 is 5.47. The van der Waals surface area contributed by atoms with Crippen LogP contribution in [-0.2, 0) is 6.42 Å². The van der Waals surface area contributed by atoms with Gasteiger partial charge in [0.15, 0.2) is 0 Å². The maximum atomic E-state index is 5.47. The summed E-state index contributed by atoms with van der Waals surface area (Å²) in [6.45, 7) is 3.04. The fourth-order valence-electron chi connectivity index (χ4n) is 1.27. The van der Waals surface area contributed by atoms with E-state index in [0.29, 0.717) is 0 Å². The lowest BCUT2D eigenvalue weighted by Gasteiger charge is -2.19. The maximum absolute atomic E-state index is 5.47. The molecule has 2 heterocycles. The van der Waals surface area contributed by atoms with Crippen LogP contribution < -0.4 is 5.32 Å². The average molecular weight is 199 g/mol. The Bertz CT molecular complexity index is 270. The third-order valence-corrected chi connectivity index (χ3v) is 3.07. The van der Waals surface area contributed by atoms with Crippen LogP contribution in [0.2, 0.25) is 0 Å². The molecule has 1 N–H and O–H groups in total. The van der Waals surface area contributed by atoms with Gasteiger partial charge in [0, 0.05) is 24.5 Å². The topological polar surface area (TPSA) is 51.0 Å². The Morgan fingerprint density at radius 3 is 3.15 bits per heavy atom. The quantitative estimate of drug-likeness (QED) is 0.770. The van der Waals surface area contributed by atoms with Gasteiger partial charge in [0.25, 0.3) is 0 Å². The molecule has 0 aliphatic carbocycles. The SMILES string of the molecule is CCc1nnc(C2CSCCN2)o1. The lowest BCUT2D eigenvalue weighted by molar-refractivity contribution is 0.399. The van der Waals surface area contributed by atoms with Gasteiger partial charge in [-0.2, -0.15) is 11.8 Å². The predicted octanol–water partition coefficient (Wildman–Crippen LogP) is 1.01. The first kappa shape index (κ1) is 9.02. The summed E-state index contributed by atoms with van der Waals surface area (Å²) in [5, 5.41) is 11.3. The lowest BCUT2D eigenvalue weighted by atomic mass is 10.3. The molecule has 1 aliphatic rings. The number of rotatable bonds is 2. The van der Waals surface area contributed by atoms with Crippen molar-refractivity contribution < 1.29 is 4.42 Å². The Kier molecular flexibility index (Phi) is 2.85. The Morgan fingerprint density at radius 2 is 2.54 bits per heavy atom. The zero-order valence-electron chi connectivity index (χ0n) is 7.62. The fraction of sp³-hybridized carbons (Fsp3) is 0.750. The van der Waals surface area contributed by atoms with Crippen LogP contribution in [0.3, 0.4) is 0 Å². The van der Waals surface area contributed by atoms with E-state index in [1.807, 2.05) is 18.7 Å². The first-order valence-corrected chi connectivity index (χ1v) is 5.69. The highest BCUT2D eigenvalue weighted by Crippen LogP contribution is 2.20. The zero-order chi connectivity index (χ0) is 9.10. The Morgan fingerprint density at radius 1 is 1.62 bits per heavy atom. The highest BCUT2D eigenvalue weighted by molar-refractivity contribution is 7.99. The van der Waals surface area contributed by atoms with Crippen molar-refractivity contribution in [3.05, 3.63) is 11.8 Å². The molecule has 1 unspecified atom stereocenters. The Hall–Kier alpha value is -0.550. The van der Waals surface area contributed by atoms with Crippen LogP contribution in [0.1, 0.15) is 24.7 Å². The number of nitrogens with zero attached hydrogens (tertiary/aromatic N) is 2. The van der Waals surface area contributed by atoms with E-state index in [1.165, 1.54) is 5.75 Å². The fourth-order valence-corrected chi connectivity index (χ4v) is 2.20. The molecular weight excluding hydrogens is 186 g/mol. The number of hydrogen-bond donors (Lipinski definition) is 1. The molecule has 0 bridgehead atoms. The molecule has 0 saturated carbocycles. The van der Waals surface area contributed by atoms with Gasteiger partial charge in [0.05, 0.1) is 6.04 Å². The number of aromatic nitrogens is 2. The number of aryl methyl sites for hydroxylation is 1. The summed E-state index contributed by atoms with van der Waals surface area (Å²) in [5.74, 6) is 3.67. The number of hydrogen-bond acceptors (Lipinski definition) is 5. The highest BCUT2D eigenvalue weighted by atomic mass is 32.2. The van der Waals surface area contributed by atoms with Crippen LogP contribution in [0.15, 0.2) is 4.42 Å². The van der Waals surface area contributed by atoms with E-state index in [1.54, 1.807) is 0 Å². The van der Waals surface area contributed by atoms with Gasteiger partial charge >= 0.3 is 0 Å². The van der Waals surface area contributed by atoms with Crippen molar-refractivity contribution in [2.24, 2.45) is 0 Å². The average Bonchev–Trinajstić information content (AvgIpc) is 2.67. The molecule has 2 rings (SSSR count). The van der Waals surface area contributed by atoms with E-state index in [4.69, 9.17) is 4.42 Å². The molecule has 1 atom stereocenters. The van der Waals surface area contributed by atoms with E-state index >= 15 is 0 Å². The molecule has 0 radical (unpaired) electrons. The molecule has 13 heavy (non-hydrogen) atoms. The van der Waals surface area contributed by atoms with Crippen molar-refractivity contribution in [3.8, 4) is 0 Å². The first-order chi connectivity index (χ1) is 6.40. The lowest BCUT2D eigenvalue weighted by Crippen LogP contribution is -2.30. The minimum atomic E-state index is 0.256. The third kappa shape index (κ3) is 2.03. The van der Waals surface area contributed by atoms with Crippen LogP contribution in [0, 0.1) is 0 Å². The first-order valence-electron chi connectivity index (χ1n) is 4.53. The molecule has 1 aliphatic heterocycles. The van der Waals surface area contributed by atoms with Crippen molar-refractivity contribution in [2.45, 2.75) is 19.4 Å². The molecule has 1 aromatic heterocycles. The van der Waals surface area contributed by atoms with Gasteiger partial charge in [0.2, 0.25) is 11.8 Å². The van der Waals surface area contributed by atoms with E-state index in [-0.39, 0.29) is 6.04 Å². The molecular formula is C8H13N3OS. The smallest absolute Gasteiger partial charge is 0.234 e. The normalized spacial score (nSPS) is 23.3. The van der Waals surface area contributed by atoms with Gasteiger partial charge in [-0.15, -0.1) is 10.2 Å². The van der Waals surface area contributed by atoms with Crippen molar-refractivity contribution >= 4 is 11.8 Å². The molecule has 72 valence electrons. The largest absolute Gasteiger partial charge is 0.424 e. The van der Waals surface area contributed by atoms with Crippen LogP contribution in [0.5, 0.6) is 0 Å². The van der Waals surface area contributed by atoms with Gasteiger partial charge in [0.1, 0.15) is 0 Å². The highest BCUT2D eigenvalue weighted by Gasteiger charge is 2.20. The maximum Gasteiger partial charge on any atom is 0.234 e. The zero-order valence-corrected chi connectivity index (χ0v) is 8.43.